The van der Waals surface area contributed by atoms with Gasteiger partial charge in [0.05, 0.1) is 6.61 Å². The number of rotatable bonds is 5. The van der Waals surface area contributed by atoms with Gasteiger partial charge in [-0.2, -0.15) is 0 Å². The minimum absolute atomic E-state index is 0.746. The van der Waals surface area contributed by atoms with Crippen molar-refractivity contribution in [3.8, 4) is 5.75 Å². The summed E-state index contributed by atoms with van der Waals surface area (Å²) >= 11 is 0. The van der Waals surface area contributed by atoms with Crippen molar-refractivity contribution in [3.05, 3.63) is 29.3 Å². The van der Waals surface area contributed by atoms with Gasteiger partial charge < -0.3 is 10.1 Å². The van der Waals surface area contributed by atoms with Crippen LogP contribution in [0.5, 0.6) is 5.75 Å². The Kier molecular flexibility index (Phi) is 5.18. The number of nitrogens with one attached hydrogen (secondary N) is 1. The van der Waals surface area contributed by atoms with E-state index in [2.05, 4.69) is 30.4 Å². The average Bonchev–Trinajstić information content (AvgIpc) is 2.85. The monoisotopic (exact) mass is 287 g/mol. The van der Waals surface area contributed by atoms with Crippen molar-refractivity contribution >= 4 is 0 Å². The van der Waals surface area contributed by atoms with Gasteiger partial charge in [0.2, 0.25) is 0 Å². The summed E-state index contributed by atoms with van der Waals surface area (Å²) in [6.07, 6.45) is 10.7. The van der Waals surface area contributed by atoms with Gasteiger partial charge in [0.15, 0.2) is 0 Å². The highest BCUT2D eigenvalue weighted by Gasteiger charge is 2.22. The molecule has 0 radical (unpaired) electrons. The molecule has 2 heteroatoms. The molecule has 21 heavy (non-hydrogen) atoms. The van der Waals surface area contributed by atoms with Crippen LogP contribution in [0.4, 0.5) is 0 Å². The summed E-state index contributed by atoms with van der Waals surface area (Å²) in [6, 6.07) is 7.56. The zero-order valence-corrected chi connectivity index (χ0v) is 13.4. The lowest BCUT2D eigenvalue weighted by molar-refractivity contribution is 0.321. The Morgan fingerprint density at radius 1 is 1.19 bits per heavy atom. The fraction of sp³-hybridized carbons (Fsp3) is 0.684. The largest absolute Gasteiger partial charge is 0.493 e. The van der Waals surface area contributed by atoms with Gasteiger partial charge in [0.1, 0.15) is 5.75 Å². The van der Waals surface area contributed by atoms with Crippen LogP contribution in [0.3, 0.4) is 0 Å². The summed E-state index contributed by atoms with van der Waals surface area (Å²) in [4.78, 5) is 0. The summed E-state index contributed by atoms with van der Waals surface area (Å²) in [5, 5.41) is 3.73. The molecule has 2 nitrogen and oxygen atoms in total. The smallest absolute Gasteiger partial charge is 0.122 e. The van der Waals surface area contributed by atoms with Crippen molar-refractivity contribution in [2.45, 2.75) is 64.3 Å². The van der Waals surface area contributed by atoms with Crippen molar-refractivity contribution in [2.24, 2.45) is 5.92 Å². The van der Waals surface area contributed by atoms with Crippen LogP contribution in [-0.2, 0) is 12.8 Å². The fourth-order valence-corrected chi connectivity index (χ4v) is 4.01. The molecule has 0 aromatic heterocycles. The highest BCUT2D eigenvalue weighted by molar-refractivity contribution is 5.39. The summed E-state index contributed by atoms with van der Waals surface area (Å²) in [5.74, 6) is 1.97. The molecule has 0 saturated heterocycles. The molecule has 2 atom stereocenters. The predicted molar refractivity (Wildman–Crippen MR) is 88.0 cm³/mol. The Morgan fingerprint density at radius 3 is 3.00 bits per heavy atom. The second-order valence-corrected chi connectivity index (χ2v) is 6.64. The van der Waals surface area contributed by atoms with Crippen molar-refractivity contribution in [3.63, 3.8) is 0 Å². The molecular weight excluding hydrogens is 258 g/mol. The van der Waals surface area contributed by atoms with Gasteiger partial charge in [-0.05, 0) is 55.3 Å². The van der Waals surface area contributed by atoms with Gasteiger partial charge in [-0.15, -0.1) is 0 Å². The first-order valence-electron chi connectivity index (χ1n) is 8.85. The van der Waals surface area contributed by atoms with Gasteiger partial charge in [-0.1, -0.05) is 38.3 Å². The standard InChI is InChI=1S/C19H29NO/c1-2-20-18-7-5-3-4-6-16(18)10-8-15-9-11-19-17(14-15)12-13-21-19/h9,11,14,16,18,20H,2-8,10,12-13H2,1H3. The van der Waals surface area contributed by atoms with Crippen molar-refractivity contribution in [1.29, 1.82) is 0 Å². The van der Waals surface area contributed by atoms with E-state index in [1.807, 2.05) is 0 Å². The van der Waals surface area contributed by atoms with Crippen LogP contribution >= 0.6 is 0 Å². The molecule has 1 N–H and O–H groups in total. The Labute approximate surface area is 129 Å². The highest BCUT2D eigenvalue weighted by Crippen LogP contribution is 2.30. The molecule has 0 amide bonds. The second kappa shape index (κ2) is 7.31. The molecule has 1 saturated carbocycles. The first-order chi connectivity index (χ1) is 10.4. The summed E-state index contributed by atoms with van der Waals surface area (Å²) in [7, 11) is 0. The third-order valence-corrected chi connectivity index (χ3v) is 5.18. The topological polar surface area (TPSA) is 21.3 Å². The summed E-state index contributed by atoms with van der Waals surface area (Å²) in [5.41, 5.74) is 2.91. The lowest BCUT2D eigenvalue weighted by atomic mass is 9.88. The molecule has 1 aromatic carbocycles. The highest BCUT2D eigenvalue weighted by atomic mass is 16.5. The van der Waals surface area contributed by atoms with Gasteiger partial charge in [-0.25, -0.2) is 0 Å². The number of hydrogen-bond donors (Lipinski definition) is 1. The summed E-state index contributed by atoms with van der Waals surface area (Å²) < 4.78 is 5.60. The lowest BCUT2D eigenvalue weighted by Gasteiger charge is -2.26. The van der Waals surface area contributed by atoms with Crippen LogP contribution in [0.25, 0.3) is 0 Å². The Morgan fingerprint density at radius 2 is 2.10 bits per heavy atom. The molecule has 2 unspecified atom stereocenters. The number of aryl methyl sites for hydroxylation is 1. The molecule has 1 fully saturated rings. The van der Waals surface area contributed by atoms with E-state index in [1.165, 1.54) is 56.1 Å². The Hall–Kier alpha value is -1.02. The predicted octanol–water partition coefficient (Wildman–Crippen LogP) is 4.11. The number of hydrogen-bond acceptors (Lipinski definition) is 2. The van der Waals surface area contributed by atoms with E-state index in [-0.39, 0.29) is 0 Å². The second-order valence-electron chi connectivity index (χ2n) is 6.64. The minimum atomic E-state index is 0.746. The van der Waals surface area contributed by atoms with Crippen LogP contribution in [0.15, 0.2) is 18.2 Å². The minimum Gasteiger partial charge on any atom is -0.493 e. The maximum atomic E-state index is 5.60. The number of ether oxygens (including phenoxy) is 1. The molecule has 2 aliphatic rings. The molecule has 116 valence electrons. The van der Waals surface area contributed by atoms with E-state index >= 15 is 0 Å². The third-order valence-electron chi connectivity index (χ3n) is 5.18. The Balaban J connectivity index is 1.59. The van der Waals surface area contributed by atoms with Crippen LogP contribution in [-0.4, -0.2) is 19.2 Å². The van der Waals surface area contributed by atoms with Crippen molar-refractivity contribution in [2.75, 3.05) is 13.2 Å². The molecule has 0 spiro atoms. The van der Waals surface area contributed by atoms with Crippen LogP contribution in [0.2, 0.25) is 0 Å². The zero-order valence-electron chi connectivity index (χ0n) is 13.4. The lowest BCUT2D eigenvalue weighted by Crippen LogP contribution is -2.35. The molecule has 0 bridgehead atoms. The van der Waals surface area contributed by atoms with Gasteiger partial charge in [0, 0.05) is 12.5 Å². The van der Waals surface area contributed by atoms with Gasteiger partial charge in [0.25, 0.3) is 0 Å². The molecule has 1 aliphatic heterocycles. The van der Waals surface area contributed by atoms with E-state index in [0.29, 0.717) is 0 Å². The fourth-order valence-electron chi connectivity index (χ4n) is 4.01. The van der Waals surface area contributed by atoms with E-state index in [0.717, 1.165) is 37.3 Å². The average molecular weight is 287 g/mol. The number of benzene rings is 1. The quantitative estimate of drug-likeness (QED) is 0.823. The molecule has 1 aromatic rings. The van der Waals surface area contributed by atoms with Gasteiger partial charge >= 0.3 is 0 Å². The van der Waals surface area contributed by atoms with Crippen molar-refractivity contribution < 1.29 is 4.74 Å². The van der Waals surface area contributed by atoms with E-state index in [1.54, 1.807) is 0 Å². The SMILES string of the molecule is CCNC1CCCCCC1CCc1ccc2c(c1)CCO2. The first kappa shape index (κ1) is 14.9. The normalized spacial score (nSPS) is 25.2. The van der Waals surface area contributed by atoms with E-state index < -0.39 is 0 Å². The first-order valence-corrected chi connectivity index (χ1v) is 8.85. The van der Waals surface area contributed by atoms with Crippen molar-refractivity contribution in [1.82, 2.24) is 5.32 Å². The van der Waals surface area contributed by atoms with Crippen LogP contribution < -0.4 is 10.1 Å². The van der Waals surface area contributed by atoms with E-state index in [4.69, 9.17) is 4.74 Å². The van der Waals surface area contributed by atoms with E-state index in [9.17, 15) is 0 Å². The Bertz CT molecular complexity index is 457. The maximum Gasteiger partial charge on any atom is 0.122 e. The summed E-state index contributed by atoms with van der Waals surface area (Å²) in [6.45, 7) is 4.21. The van der Waals surface area contributed by atoms with Gasteiger partial charge in [-0.3, -0.25) is 0 Å². The third kappa shape index (κ3) is 3.79. The number of fused-ring (bicyclic) bond motifs is 1. The molecule has 1 aliphatic carbocycles. The zero-order chi connectivity index (χ0) is 14.5. The molecule has 1 heterocycles. The molecular formula is C19H29NO. The maximum absolute atomic E-state index is 5.60. The molecule has 3 rings (SSSR count). The van der Waals surface area contributed by atoms with Crippen LogP contribution in [0, 0.1) is 5.92 Å². The van der Waals surface area contributed by atoms with Crippen LogP contribution in [0.1, 0.15) is 56.6 Å².